The lowest BCUT2D eigenvalue weighted by molar-refractivity contribution is -0.140. The molecule has 0 saturated carbocycles. The Bertz CT molecular complexity index is 562. The van der Waals surface area contributed by atoms with E-state index in [-0.39, 0.29) is 24.3 Å². The van der Waals surface area contributed by atoms with Gasteiger partial charge in [0.2, 0.25) is 10.0 Å². The van der Waals surface area contributed by atoms with Crippen LogP contribution < -0.4 is 4.72 Å². The first kappa shape index (κ1) is 15.9. The summed E-state index contributed by atoms with van der Waals surface area (Å²) in [5.41, 5.74) is -0.124. The molecule has 0 atom stereocenters. The lowest BCUT2D eigenvalue weighted by Crippen LogP contribution is -2.18. The summed E-state index contributed by atoms with van der Waals surface area (Å²) in [6, 6.07) is 4.00. The average Bonchev–Trinajstić information content (AvgIpc) is 2.32. The minimum Gasteiger partial charge on any atom is -0.469 e. The fourth-order valence-corrected chi connectivity index (χ4v) is 2.76. The van der Waals surface area contributed by atoms with Crippen molar-refractivity contribution in [3.63, 3.8) is 0 Å². The maximum atomic E-state index is 13.5. The molecule has 106 valence electrons. The number of halogens is 2. The van der Waals surface area contributed by atoms with Crippen molar-refractivity contribution < 1.29 is 22.3 Å². The fraction of sp³-hybridized carbons (Fsp3) is 0.364. The molecule has 0 aliphatic rings. The minimum atomic E-state index is -3.69. The van der Waals surface area contributed by atoms with Gasteiger partial charge in [0.15, 0.2) is 0 Å². The lowest BCUT2D eigenvalue weighted by Gasteiger charge is -2.08. The smallest absolute Gasteiger partial charge is 0.305 e. The molecule has 0 spiro atoms. The van der Waals surface area contributed by atoms with Crippen molar-refractivity contribution in [1.29, 1.82) is 0 Å². The molecule has 1 aromatic rings. The number of carbonyl (C=O) groups excluding carboxylic acids is 1. The van der Waals surface area contributed by atoms with E-state index in [2.05, 4.69) is 25.4 Å². The van der Waals surface area contributed by atoms with Crippen molar-refractivity contribution in [3.05, 3.63) is 28.5 Å². The molecule has 0 fully saturated rings. The third-order valence-electron chi connectivity index (χ3n) is 2.22. The zero-order valence-electron chi connectivity index (χ0n) is 10.2. The van der Waals surface area contributed by atoms with Crippen LogP contribution in [-0.4, -0.2) is 27.2 Å². The Morgan fingerprint density at radius 2 is 2.16 bits per heavy atom. The van der Waals surface area contributed by atoms with Gasteiger partial charge in [-0.25, -0.2) is 12.8 Å². The van der Waals surface area contributed by atoms with Gasteiger partial charge in [0.1, 0.15) is 5.82 Å². The molecule has 8 heteroatoms. The van der Waals surface area contributed by atoms with Crippen LogP contribution in [0, 0.1) is 5.82 Å². The molecule has 1 rings (SSSR count). The van der Waals surface area contributed by atoms with Crippen molar-refractivity contribution in [2.45, 2.75) is 12.8 Å². The Kier molecular flexibility index (Phi) is 5.74. The van der Waals surface area contributed by atoms with Crippen molar-refractivity contribution >= 4 is 37.6 Å². The summed E-state index contributed by atoms with van der Waals surface area (Å²) in [5, 5.41) is 0. The standard InChI is InChI=1S/C11H13BrFNO4S/c1-18-11(15)3-2-6-19(16,17)14-10-5-4-8(12)7-9(10)13/h4-5,7,14H,2-3,6H2,1H3. The number of anilines is 1. The molecule has 1 N–H and O–H groups in total. The highest BCUT2D eigenvalue weighted by Gasteiger charge is 2.14. The van der Waals surface area contributed by atoms with E-state index in [0.717, 1.165) is 6.07 Å². The summed E-state index contributed by atoms with van der Waals surface area (Å²) in [7, 11) is -2.46. The van der Waals surface area contributed by atoms with E-state index in [1.165, 1.54) is 19.2 Å². The molecule has 0 radical (unpaired) electrons. The van der Waals surface area contributed by atoms with Gasteiger partial charge in [-0.15, -0.1) is 0 Å². The van der Waals surface area contributed by atoms with Crippen LogP contribution in [0.15, 0.2) is 22.7 Å². The quantitative estimate of drug-likeness (QED) is 0.796. The van der Waals surface area contributed by atoms with Crippen molar-refractivity contribution in [3.8, 4) is 0 Å². The van der Waals surface area contributed by atoms with Crippen molar-refractivity contribution in [1.82, 2.24) is 0 Å². The number of ether oxygens (including phenoxy) is 1. The molecule has 0 heterocycles. The Labute approximate surface area is 119 Å². The largest absolute Gasteiger partial charge is 0.469 e. The number of benzene rings is 1. The van der Waals surface area contributed by atoms with Crippen LogP contribution in [0.1, 0.15) is 12.8 Å². The Morgan fingerprint density at radius 3 is 2.74 bits per heavy atom. The van der Waals surface area contributed by atoms with Gasteiger partial charge in [0.25, 0.3) is 0 Å². The van der Waals surface area contributed by atoms with Crippen LogP contribution >= 0.6 is 15.9 Å². The van der Waals surface area contributed by atoms with Crippen LogP contribution in [0.2, 0.25) is 0 Å². The molecule has 0 aliphatic heterocycles. The van der Waals surface area contributed by atoms with Crippen LogP contribution in [0.4, 0.5) is 10.1 Å². The second-order valence-corrected chi connectivity index (χ2v) is 6.48. The third kappa shape index (κ3) is 5.56. The Morgan fingerprint density at radius 1 is 1.47 bits per heavy atom. The monoisotopic (exact) mass is 353 g/mol. The molecule has 5 nitrogen and oxygen atoms in total. The molecular formula is C11H13BrFNO4S. The first-order valence-electron chi connectivity index (χ1n) is 5.36. The van der Waals surface area contributed by atoms with Gasteiger partial charge < -0.3 is 4.74 Å². The van der Waals surface area contributed by atoms with E-state index in [9.17, 15) is 17.6 Å². The van der Waals surface area contributed by atoms with E-state index < -0.39 is 21.8 Å². The predicted octanol–water partition coefficient (Wildman–Crippen LogP) is 2.28. The predicted molar refractivity (Wildman–Crippen MR) is 72.8 cm³/mol. The van der Waals surface area contributed by atoms with Gasteiger partial charge in [-0.3, -0.25) is 9.52 Å². The zero-order chi connectivity index (χ0) is 14.5. The molecule has 0 aromatic heterocycles. The van der Waals surface area contributed by atoms with Gasteiger partial charge in [-0.2, -0.15) is 0 Å². The highest BCUT2D eigenvalue weighted by atomic mass is 79.9. The molecule has 19 heavy (non-hydrogen) atoms. The lowest BCUT2D eigenvalue weighted by atomic mass is 10.3. The van der Waals surface area contributed by atoms with Gasteiger partial charge in [-0.05, 0) is 24.6 Å². The summed E-state index contributed by atoms with van der Waals surface area (Å²) < 4.78 is 43.8. The molecule has 0 aliphatic carbocycles. The van der Waals surface area contributed by atoms with Crippen LogP contribution in [0.25, 0.3) is 0 Å². The molecule has 0 amide bonds. The first-order valence-corrected chi connectivity index (χ1v) is 7.81. The fourth-order valence-electron chi connectivity index (χ4n) is 1.30. The van der Waals surface area contributed by atoms with Gasteiger partial charge in [-0.1, -0.05) is 15.9 Å². The van der Waals surface area contributed by atoms with Crippen LogP contribution in [-0.2, 0) is 19.6 Å². The molecule has 1 aromatic carbocycles. The Hall–Kier alpha value is -1.15. The van der Waals surface area contributed by atoms with E-state index in [0.29, 0.717) is 4.47 Å². The SMILES string of the molecule is COC(=O)CCCS(=O)(=O)Nc1ccc(Br)cc1F. The summed E-state index contributed by atoms with van der Waals surface area (Å²) in [6.07, 6.45) is 0.111. The topological polar surface area (TPSA) is 72.5 Å². The summed E-state index contributed by atoms with van der Waals surface area (Å²) in [6.45, 7) is 0. The highest BCUT2D eigenvalue weighted by Crippen LogP contribution is 2.20. The van der Waals surface area contributed by atoms with E-state index in [4.69, 9.17) is 0 Å². The van der Waals surface area contributed by atoms with Gasteiger partial charge in [0, 0.05) is 10.9 Å². The molecule has 0 saturated heterocycles. The molecule has 0 bridgehead atoms. The number of hydrogen-bond donors (Lipinski definition) is 1. The van der Waals surface area contributed by atoms with E-state index in [1.54, 1.807) is 0 Å². The normalized spacial score (nSPS) is 11.1. The van der Waals surface area contributed by atoms with Crippen molar-refractivity contribution in [2.75, 3.05) is 17.6 Å². The number of carbonyl (C=O) groups is 1. The van der Waals surface area contributed by atoms with E-state index >= 15 is 0 Å². The maximum Gasteiger partial charge on any atom is 0.305 e. The number of rotatable bonds is 6. The van der Waals surface area contributed by atoms with Crippen LogP contribution in [0.5, 0.6) is 0 Å². The molecule has 0 unspecified atom stereocenters. The third-order valence-corrected chi connectivity index (χ3v) is 4.07. The number of sulfonamides is 1. The van der Waals surface area contributed by atoms with Crippen molar-refractivity contribution in [2.24, 2.45) is 0 Å². The highest BCUT2D eigenvalue weighted by molar-refractivity contribution is 9.10. The zero-order valence-corrected chi connectivity index (χ0v) is 12.6. The number of methoxy groups -OCH3 is 1. The second kappa shape index (κ2) is 6.85. The summed E-state index contributed by atoms with van der Waals surface area (Å²) >= 11 is 3.07. The number of hydrogen-bond acceptors (Lipinski definition) is 4. The van der Waals surface area contributed by atoms with E-state index in [1.807, 2.05) is 0 Å². The number of esters is 1. The minimum absolute atomic E-state index is 0.000228. The first-order chi connectivity index (χ1) is 8.84. The summed E-state index contributed by atoms with van der Waals surface area (Å²) in [4.78, 5) is 10.8. The number of nitrogens with one attached hydrogen (secondary N) is 1. The summed E-state index contributed by atoms with van der Waals surface area (Å²) in [5.74, 6) is -1.44. The van der Waals surface area contributed by atoms with Gasteiger partial charge in [0.05, 0.1) is 18.6 Å². The van der Waals surface area contributed by atoms with Crippen LogP contribution in [0.3, 0.4) is 0 Å². The second-order valence-electron chi connectivity index (χ2n) is 3.72. The maximum absolute atomic E-state index is 13.5. The average molecular weight is 354 g/mol. The van der Waals surface area contributed by atoms with Gasteiger partial charge >= 0.3 is 5.97 Å². The molecular weight excluding hydrogens is 341 g/mol. The Balaban J connectivity index is 2.61.